The van der Waals surface area contributed by atoms with E-state index in [1.165, 1.54) is 8.58 Å². The van der Waals surface area contributed by atoms with Gasteiger partial charge in [-0.3, -0.25) is 0 Å². The fourth-order valence-corrected chi connectivity index (χ4v) is 2.90. The number of aryl methyl sites for hydroxylation is 1. The topological polar surface area (TPSA) is 24.9 Å². The van der Waals surface area contributed by atoms with Gasteiger partial charge in [-0.1, -0.05) is 6.92 Å². The Morgan fingerprint density at radius 2 is 2.29 bits per heavy atom. The lowest BCUT2D eigenvalue weighted by molar-refractivity contribution is 1.01. The average molecular weight is 423 g/mol. The minimum atomic E-state index is 0.786. The lowest BCUT2D eigenvalue weighted by Crippen LogP contribution is -2.00. The number of hydrogen-bond acceptors (Lipinski definition) is 3. The summed E-state index contributed by atoms with van der Waals surface area (Å²) in [7, 11) is 0. The molecule has 0 saturated carbocycles. The van der Waals surface area contributed by atoms with Gasteiger partial charge in [0.2, 0.25) is 0 Å². The van der Waals surface area contributed by atoms with Crippen molar-refractivity contribution >= 4 is 55.5 Å². The maximum atomic E-state index is 4.53. The van der Waals surface area contributed by atoms with Crippen LogP contribution < -0.4 is 5.32 Å². The summed E-state index contributed by atoms with van der Waals surface area (Å²) in [5.41, 5.74) is 2.24. The standard InChI is InChI=1S/C12H12BrIN2S/c1-2-12-16-9(7-17-12)6-15-8-3-4-10(13)11(14)5-8/h3-5,7,15H,2,6H2,1H3. The van der Waals surface area contributed by atoms with E-state index >= 15 is 0 Å². The van der Waals surface area contributed by atoms with E-state index in [1.54, 1.807) is 11.3 Å². The maximum Gasteiger partial charge on any atom is 0.0926 e. The molecule has 0 atom stereocenters. The van der Waals surface area contributed by atoms with Crippen molar-refractivity contribution in [3.63, 3.8) is 0 Å². The van der Waals surface area contributed by atoms with Gasteiger partial charge in [-0.15, -0.1) is 11.3 Å². The first kappa shape index (κ1) is 13.3. The molecule has 0 radical (unpaired) electrons. The number of rotatable bonds is 4. The number of aromatic nitrogens is 1. The van der Waals surface area contributed by atoms with Crippen molar-refractivity contribution in [1.82, 2.24) is 4.98 Å². The van der Waals surface area contributed by atoms with Crippen LogP contribution in [0.3, 0.4) is 0 Å². The Morgan fingerprint density at radius 3 is 2.94 bits per heavy atom. The summed E-state index contributed by atoms with van der Waals surface area (Å²) < 4.78 is 2.34. The van der Waals surface area contributed by atoms with Crippen LogP contribution in [0.2, 0.25) is 0 Å². The normalized spacial score (nSPS) is 10.5. The fourth-order valence-electron chi connectivity index (χ4n) is 1.39. The molecule has 1 aromatic heterocycles. The van der Waals surface area contributed by atoms with Gasteiger partial charge in [-0.25, -0.2) is 4.98 Å². The molecule has 0 aliphatic heterocycles. The van der Waals surface area contributed by atoms with E-state index in [-0.39, 0.29) is 0 Å². The minimum absolute atomic E-state index is 0.786. The molecule has 5 heteroatoms. The Kier molecular flexibility index (Phi) is 4.81. The van der Waals surface area contributed by atoms with Crippen molar-refractivity contribution in [2.75, 3.05) is 5.32 Å². The van der Waals surface area contributed by atoms with E-state index in [1.807, 2.05) is 0 Å². The molecule has 2 nitrogen and oxygen atoms in total. The van der Waals surface area contributed by atoms with E-state index in [0.29, 0.717) is 0 Å². The van der Waals surface area contributed by atoms with E-state index in [9.17, 15) is 0 Å². The number of hydrogen-bond donors (Lipinski definition) is 1. The van der Waals surface area contributed by atoms with Crippen LogP contribution in [0, 0.1) is 3.57 Å². The summed E-state index contributed by atoms with van der Waals surface area (Å²) in [6, 6.07) is 6.25. The number of halogens is 2. The second-order valence-corrected chi connectivity index (χ2v) is 6.53. The molecule has 1 heterocycles. The molecule has 0 unspecified atom stereocenters. The summed E-state index contributed by atoms with van der Waals surface area (Å²) in [6.07, 6.45) is 1.01. The predicted molar refractivity (Wildman–Crippen MR) is 85.7 cm³/mol. The monoisotopic (exact) mass is 422 g/mol. The van der Waals surface area contributed by atoms with Crippen LogP contribution in [-0.4, -0.2) is 4.98 Å². The van der Waals surface area contributed by atoms with Crippen molar-refractivity contribution in [2.24, 2.45) is 0 Å². The van der Waals surface area contributed by atoms with Gasteiger partial charge in [-0.05, 0) is 63.1 Å². The molecule has 0 aliphatic rings. The lowest BCUT2D eigenvalue weighted by Gasteiger charge is -2.05. The third kappa shape index (κ3) is 3.66. The number of benzene rings is 1. The highest BCUT2D eigenvalue weighted by atomic mass is 127. The Morgan fingerprint density at radius 1 is 1.47 bits per heavy atom. The number of thiazole rings is 1. The van der Waals surface area contributed by atoms with E-state index in [4.69, 9.17) is 0 Å². The van der Waals surface area contributed by atoms with Gasteiger partial charge in [0.25, 0.3) is 0 Å². The molecule has 2 aromatic rings. The Hall–Kier alpha value is -0.140. The van der Waals surface area contributed by atoms with Gasteiger partial charge in [0.15, 0.2) is 0 Å². The van der Waals surface area contributed by atoms with Crippen LogP contribution >= 0.6 is 49.9 Å². The first-order chi connectivity index (χ1) is 8.19. The maximum absolute atomic E-state index is 4.53. The summed E-state index contributed by atoms with van der Waals surface area (Å²) in [6.45, 7) is 2.92. The van der Waals surface area contributed by atoms with E-state index < -0.39 is 0 Å². The van der Waals surface area contributed by atoms with E-state index in [2.05, 4.69) is 79.3 Å². The first-order valence-corrected chi connectivity index (χ1v) is 8.06. The quantitative estimate of drug-likeness (QED) is 0.723. The molecule has 0 aliphatic carbocycles. The highest BCUT2D eigenvalue weighted by Gasteiger charge is 2.01. The highest BCUT2D eigenvalue weighted by Crippen LogP contribution is 2.23. The molecular formula is C12H12BrIN2S. The lowest BCUT2D eigenvalue weighted by atomic mass is 10.3. The van der Waals surface area contributed by atoms with Gasteiger partial charge in [0.1, 0.15) is 0 Å². The van der Waals surface area contributed by atoms with Crippen molar-refractivity contribution in [3.05, 3.63) is 42.3 Å². The van der Waals surface area contributed by atoms with Gasteiger partial charge in [-0.2, -0.15) is 0 Å². The molecule has 90 valence electrons. The van der Waals surface area contributed by atoms with Gasteiger partial charge >= 0.3 is 0 Å². The van der Waals surface area contributed by atoms with Crippen LogP contribution in [0.1, 0.15) is 17.6 Å². The molecule has 2 rings (SSSR count). The van der Waals surface area contributed by atoms with Crippen LogP contribution in [0.25, 0.3) is 0 Å². The van der Waals surface area contributed by atoms with Crippen molar-refractivity contribution < 1.29 is 0 Å². The van der Waals surface area contributed by atoms with Crippen LogP contribution in [0.15, 0.2) is 28.1 Å². The molecule has 0 amide bonds. The minimum Gasteiger partial charge on any atom is -0.379 e. The molecule has 0 bridgehead atoms. The largest absolute Gasteiger partial charge is 0.379 e. The van der Waals surface area contributed by atoms with Gasteiger partial charge < -0.3 is 5.32 Å². The second-order valence-electron chi connectivity index (χ2n) is 3.57. The Balaban J connectivity index is 1.99. The molecule has 0 saturated heterocycles. The van der Waals surface area contributed by atoms with Crippen molar-refractivity contribution in [2.45, 2.75) is 19.9 Å². The zero-order chi connectivity index (χ0) is 12.3. The SMILES string of the molecule is CCc1nc(CNc2ccc(Br)c(I)c2)cs1. The Labute approximate surface area is 127 Å². The molecule has 0 fully saturated rings. The number of nitrogens with zero attached hydrogens (tertiary/aromatic N) is 1. The first-order valence-electron chi connectivity index (χ1n) is 5.31. The second kappa shape index (κ2) is 6.15. The van der Waals surface area contributed by atoms with Crippen molar-refractivity contribution in [1.29, 1.82) is 0 Å². The molecule has 1 N–H and O–H groups in total. The smallest absolute Gasteiger partial charge is 0.0926 e. The zero-order valence-electron chi connectivity index (χ0n) is 9.34. The average Bonchev–Trinajstić information content (AvgIpc) is 2.79. The molecule has 17 heavy (non-hydrogen) atoms. The van der Waals surface area contributed by atoms with E-state index in [0.717, 1.165) is 28.8 Å². The molecular weight excluding hydrogens is 411 g/mol. The molecule has 1 aromatic carbocycles. The highest BCUT2D eigenvalue weighted by molar-refractivity contribution is 14.1. The third-order valence-corrected chi connectivity index (χ3v) is 5.66. The van der Waals surface area contributed by atoms with Gasteiger partial charge in [0, 0.05) is 19.1 Å². The fraction of sp³-hybridized carbons (Fsp3) is 0.250. The summed E-state index contributed by atoms with van der Waals surface area (Å²) in [5.74, 6) is 0. The predicted octanol–water partition coefficient (Wildman–Crippen LogP) is 4.68. The summed E-state index contributed by atoms with van der Waals surface area (Å²) in [5, 5.41) is 6.71. The van der Waals surface area contributed by atoms with Crippen LogP contribution in [0.4, 0.5) is 5.69 Å². The number of nitrogens with one attached hydrogen (secondary N) is 1. The Bertz CT molecular complexity index is 513. The zero-order valence-corrected chi connectivity index (χ0v) is 13.9. The van der Waals surface area contributed by atoms with Crippen LogP contribution in [0.5, 0.6) is 0 Å². The summed E-state index contributed by atoms with van der Waals surface area (Å²) >= 11 is 7.54. The molecule has 0 spiro atoms. The third-order valence-electron chi connectivity index (χ3n) is 2.29. The van der Waals surface area contributed by atoms with Crippen molar-refractivity contribution in [3.8, 4) is 0 Å². The summed E-state index contributed by atoms with van der Waals surface area (Å²) in [4.78, 5) is 4.53. The van der Waals surface area contributed by atoms with Crippen LogP contribution in [-0.2, 0) is 13.0 Å². The van der Waals surface area contributed by atoms with Gasteiger partial charge in [0.05, 0.1) is 17.2 Å². The number of anilines is 1.